The van der Waals surface area contributed by atoms with Gasteiger partial charge in [0.15, 0.2) is 0 Å². The van der Waals surface area contributed by atoms with Crippen LogP contribution in [0.4, 0.5) is 0 Å². The number of benzene rings is 1. The third-order valence-corrected chi connectivity index (χ3v) is 1.73. The molecule has 3 nitrogen and oxygen atoms in total. The van der Waals surface area contributed by atoms with Crippen LogP contribution < -0.4 is 9.84 Å². The highest BCUT2D eigenvalue weighted by molar-refractivity contribution is 5.69. The van der Waals surface area contributed by atoms with E-state index in [0.717, 1.165) is 5.56 Å². The second kappa shape index (κ2) is 3.94. The van der Waals surface area contributed by atoms with E-state index in [1.807, 2.05) is 19.1 Å². The Labute approximate surface area is 77.0 Å². The zero-order chi connectivity index (χ0) is 9.84. The van der Waals surface area contributed by atoms with Crippen molar-refractivity contribution >= 4 is 5.97 Å². The second-order valence-corrected chi connectivity index (χ2v) is 2.84. The molecule has 0 aliphatic heterocycles. The number of hydrogen-bond acceptors (Lipinski definition) is 3. The molecule has 1 aromatic carbocycles. The highest BCUT2D eigenvalue weighted by atomic mass is 16.5. The SMILES string of the molecule is Cc1ccccc1OC(C)C(=O)[O-]. The molecular weight excluding hydrogens is 168 g/mol. The van der Waals surface area contributed by atoms with Gasteiger partial charge in [-0.2, -0.15) is 0 Å². The molecule has 1 unspecified atom stereocenters. The van der Waals surface area contributed by atoms with Gasteiger partial charge in [0.1, 0.15) is 11.9 Å². The number of carbonyl (C=O) groups is 1. The van der Waals surface area contributed by atoms with Crippen molar-refractivity contribution in [1.29, 1.82) is 0 Å². The standard InChI is InChI=1S/C10H12O3/c1-7-5-3-4-6-9(7)13-8(2)10(11)12/h3-6,8H,1-2H3,(H,11,12)/p-1. The van der Waals surface area contributed by atoms with Crippen molar-refractivity contribution in [3.8, 4) is 5.75 Å². The minimum absolute atomic E-state index is 0.583. The van der Waals surface area contributed by atoms with Gasteiger partial charge in [0.2, 0.25) is 0 Å². The monoisotopic (exact) mass is 179 g/mol. The van der Waals surface area contributed by atoms with Gasteiger partial charge in [-0.15, -0.1) is 0 Å². The van der Waals surface area contributed by atoms with Crippen LogP contribution in [0.2, 0.25) is 0 Å². The number of rotatable bonds is 3. The lowest BCUT2D eigenvalue weighted by Crippen LogP contribution is -2.37. The van der Waals surface area contributed by atoms with Crippen LogP contribution in [0, 0.1) is 6.92 Å². The van der Waals surface area contributed by atoms with Crippen molar-refractivity contribution in [3.05, 3.63) is 29.8 Å². The zero-order valence-electron chi connectivity index (χ0n) is 7.61. The van der Waals surface area contributed by atoms with Crippen LogP contribution in [0.25, 0.3) is 0 Å². The van der Waals surface area contributed by atoms with E-state index in [-0.39, 0.29) is 0 Å². The fourth-order valence-electron chi connectivity index (χ4n) is 0.927. The lowest BCUT2D eigenvalue weighted by atomic mass is 10.2. The molecule has 1 rings (SSSR count). The Hall–Kier alpha value is -1.51. The van der Waals surface area contributed by atoms with Gasteiger partial charge in [0, 0.05) is 0 Å². The van der Waals surface area contributed by atoms with Gasteiger partial charge in [0.05, 0.1) is 5.97 Å². The van der Waals surface area contributed by atoms with Gasteiger partial charge in [-0.3, -0.25) is 0 Å². The maximum atomic E-state index is 10.4. The number of aliphatic carboxylic acids is 1. The van der Waals surface area contributed by atoms with E-state index in [2.05, 4.69) is 0 Å². The molecule has 0 saturated heterocycles. The number of para-hydroxylation sites is 1. The van der Waals surface area contributed by atoms with E-state index in [1.165, 1.54) is 6.92 Å². The fraction of sp³-hybridized carbons (Fsp3) is 0.300. The first kappa shape index (κ1) is 9.58. The molecule has 0 radical (unpaired) electrons. The average Bonchev–Trinajstić information content (AvgIpc) is 2.08. The number of hydrogen-bond donors (Lipinski definition) is 0. The molecule has 1 atom stereocenters. The van der Waals surface area contributed by atoms with Crippen molar-refractivity contribution in [2.24, 2.45) is 0 Å². The van der Waals surface area contributed by atoms with Crippen LogP contribution in [0.15, 0.2) is 24.3 Å². The average molecular weight is 179 g/mol. The quantitative estimate of drug-likeness (QED) is 0.679. The van der Waals surface area contributed by atoms with Crippen molar-refractivity contribution < 1.29 is 14.6 Å². The van der Waals surface area contributed by atoms with Gasteiger partial charge in [-0.1, -0.05) is 18.2 Å². The molecule has 3 heteroatoms. The molecule has 0 bridgehead atoms. The second-order valence-electron chi connectivity index (χ2n) is 2.84. The topological polar surface area (TPSA) is 49.4 Å². The van der Waals surface area contributed by atoms with E-state index < -0.39 is 12.1 Å². The normalized spacial score (nSPS) is 12.2. The molecule has 0 spiro atoms. The molecule has 0 heterocycles. The number of carboxylic acid groups (broad SMARTS) is 1. The van der Waals surface area contributed by atoms with E-state index in [9.17, 15) is 9.90 Å². The molecule has 0 fully saturated rings. The zero-order valence-corrected chi connectivity index (χ0v) is 7.61. The number of carboxylic acids is 1. The fourth-order valence-corrected chi connectivity index (χ4v) is 0.927. The van der Waals surface area contributed by atoms with Gasteiger partial charge in [-0.05, 0) is 25.5 Å². The summed E-state index contributed by atoms with van der Waals surface area (Å²) in [5.41, 5.74) is 0.913. The van der Waals surface area contributed by atoms with Crippen molar-refractivity contribution in [3.63, 3.8) is 0 Å². The molecule has 0 aliphatic carbocycles. The molecule has 0 amide bonds. The number of ether oxygens (including phenoxy) is 1. The van der Waals surface area contributed by atoms with E-state index >= 15 is 0 Å². The van der Waals surface area contributed by atoms with Gasteiger partial charge in [0.25, 0.3) is 0 Å². The first-order valence-electron chi connectivity index (χ1n) is 4.04. The Morgan fingerprint density at radius 2 is 2.08 bits per heavy atom. The first-order chi connectivity index (χ1) is 6.11. The third-order valence-electron chi connectivity index (χ3n) is 1.73. The summed E-state index contributed by atoms with van der Waals surface area (Å²) in [7, 11) is 0. The highest BCUT2D eigenvalue weighted by Crippen LogP contribution is 2.17. The summed E-state index contributed by atoms with van der Waals surface area (Å²) in [4.78, 5) is 10.4. The Kier molecular flexibility index (Phi) is 2.90. The van der Waals surface area contributed by atoms with E-state index in [1.54, 1.807) is 12.1 Å². The lowest BCUT2D eigenvalue weighted by molar-refractivity contribution is -0.312. The van der Waals surface area contributed by atoms with Crippen LogP contribution in [0.3, 0.4) is 0 Å². The minimum Gasteiger partial charge on any atom is -0.546 e. The molecule has 13 heavy (non-hydrogen) atoms. The Morgan fingerprint density at radius 1 is 1.46 bits per heavy atom. The Morgan fingerprint density at radius 3 is 2.62 bits per heavy atom. The third kappa shape index (κ3) is 2.47. The summed E-state index contributed by atoms with van der Waals surface area (Å²) < 4.78 is 5.14. The summed E-state index contributed by atoms with van der Waals surface area (Å²) in [6, 6.07) is 7.25. The Balaban J connectivity index is 2.74. The molecule has 0 aliphatic rings. The van der Waals surface area contributed by atoms with Crippen molar-refractivity contribution in [2.75, 3.05) is 0 Å². The Bertz CT molecular complexity index is 307. The molecule has 0 N–H and O–H groups in total. The molecule has 0 saturated carbocycles. The van der Waals surface area contributed by atoms with Gasteiger partial charge >= 0.3 is 0 Å². The lowest BCUT2D eigenvalue weighted by Gasteiger charge is -2.16. The van der Waals surface area contributed by atoms with Crippen LogP contribution in [0.1, 0.15) is 12.5 Å². The van der Waals surface area contributed by atoms with Crippen LogP contribution in [-0.2, 0) is 4.79 Å². The van der Waals surface area contributed by atoms with Crippen molar-refractivity contribution in [1.82, 2.24) is 0 Å². The minimum atomic E-state index is -1.21. The highest BCUT2D eigenvalue weighted by Gasteiger charge is 2.05. The maximum absolute atomic E-state index is 10.4. The smallest absolute Gasteiger partial charge is 0.135 e. The maximum Gasteiger partial charge on any atom is 0.135 e. The number of carbonyl (C=O) groups excluding carboxylic acids is 1. The predicted molar refractivity (Wildman–Crippen MR) is 46.3 cm³/mol. The number of aryl methyl sites for hydroxylation is 1. The summed E-state index contributed by atoms with van der Waals surface area (Å²) >= 11 is 0. The summed E-state index contributed by atoms with van der Waals surface area (Å²) in [5, 5.41) is 10.4. The van der Waals surface area contributed by atoms with Crippen LogP contribution in [0.5, 0.6) is 5.75 Å². The first-order valence-corrected chi connectivity index (χ1v) is 4.04. The van der Waals surface area contributed by atoms with Crippen LogP contribution >= 0.6 is 0 Å². The summed E-state index contributed by atoms with van der Waals surface area (Å²) in [6.07, 6.45) is -0.916. The molecule has 70 valence electrons. The van der Waals surface area contributed by atoms with Gasteiger partial charge in [-0.25, -0.2) is 0 Å². The van der Waals surface area contributed by atoms with E-state index in [0.29, 0.717) is 5.75 Å². The molecular formula is C10H11O3-. The van der Waals surface area contributed by atoms with E-state index in [4.69, 9.17) is 4.74 Å². The molecule has 0 aromatic heterocycles. The summed E-state index contributed by atoms with van der Waals surface area (Å²) in [6.45, 7) is 3.30. The predicted octanol–water partition coefficient (Wildman–Crippen LogP) is 0.512. The largest absolute Gasteiger partial charge is 0.546 e. The van der Waals surface area contributed by atoms with Crippen molar-refractivity contribution in [2.45, 2.75) is 20.0 Å². The van der Waals surface area contributed by atoms with Gasteiger partial charge < -0.3 is 14.6 Å². The van der Waals surface area contributed by atoms with Crippen LogP contribution in [-0.4, -0.2) is 12.1 Å². The molecule has 1 aromatic rings. The summed E-state index contributed by atoms with van der Waals surface area (Å²) in [5.74, 6) is -0.623.